The normalized spacial score (nSPS) is 29.2. The Morgan fingerprint density at radius 3 is 2.77 bits per heavy atom. The number of methoxy groups -OCH3 is 1. The summed E-state index contributed by atoms with van der Waals surface area (Å²) in [5, 5.41) is 2.89. The summed E-state index contributed by atoms with van der Waals surface area (Å²) in [6.07, 6.45) is 2.15. The number of carbonyl (C=O) groups excluding carboxylic acids is 1. The molecule has 1 unspecified atom stereocenters. The van der Waals surface area contributed by atoms with Gasteiger partial charge in [-0.2, -0.15) is 0 Å². The van der Waals surface area contributed by atoms with Crippen molar-refractivity contribution in [2.45, 2.75) is 31.8 Å². The van der Waals surface area contributed by atoms with Crippen LogP contribution in [0.1, 0.15) is 19.8 Å². The maximum absolute atomic E-state index is 11.3. The van der Waals surface area contributed by atoms with Crippen molar-refractivity contribution in [1.82, 2.24) is 5.32 Å². The smallest absolute Gasteiger partial charge is 0.239 e. The Morgan fingerprint density at radius 1 is 1.69 bits per heavy atom. The summed E-state index contributed by atoms with van der Waals surface area (Å²) in [6.45, 7) is 2.46. The van der Waals surface area contributed by atoms with E-state index in [0.717, 1.165) is 18.8 Å². The number of nitrogens with two attached hydrogens (primary N) is 1. The van der Waals surface area contributed by atoms with Crippen LogP contribution in [0.15, 0.2) is 0 Å². The number of hydrogen-bond acceptors (Lipinski definition) is 3. The SMILES string of the molecule is COCC(N)C(=O)NC1CC(C)C1. The predicted octanol–water partition coefficient (Wildman–Crippen LogP) is -0.125. The molecule has 1 aliphatic carbocycles. The molecule has 0 heterocycles. The van der Waals surface area contributed by atoms with Crippen molar-refractivity contribution in [2.24, 2.45) is 11.7 Å². The van der Waals surface area contributed by atoms with Crippen LogP contribution in [0, 0.1) is 5.92 Å². The second-order valence-electron chi connectivity index (χ2n) is 3.84. The first-order chi connectivity index (χ1) is 6.13. The molecule has 1 fully saturated rings. The first-order valence-electron chi connectivity index (χ1n) is 4.68. The van der Waals surface area contributed by atoms with Gasteiger partial charge < -0.3 is 15.8 Å². The summed E-state index contributed by atoms with van der Waals surface area (Å²) in [7, 11) is 1.54. The molecule has 4 nitrogen and oxygen atoms in total. The third-order valence-corrected chi connectivity index (χ3v) is 2.40. The summed E-state index contributed by atoms with van der Waals surface area (Å²) >= 11 is 0. The van der Waals surface area contributed by atoms with Gasteiger partial charge in [-0.25, -0.2) is 0 Å². The van der Waals surface area contributed by atoms with Gasteiger partial charge in [0.25, 0.3) is 0 Å². The van der Waals surface area contributed by atoms with Gasteiger partial charge in [-0.15, -0.1) is 0 Å². The van der Waals surface area contributed by atoms with E-state index >= 15 is 0 Å². The van der Waals surface area contributed by atoms with Gasteiger partial charge in [-0.3, -0.25) is 4.79 Å². The molecule has 13 heavy (non-hydrogen) atoms. The summed E-state index contributed by atoms with van der Waals surface area (Å²) in [5.74, 6) is 0.641. The maximum atomic E-state index is 11.3. The van der Waals surface area contributed by atoms with Crippen LogP contribution in [0.25, 0.3) is 0 Å². The molecule has 0 saturated heterocycles. The molecular formula is C9H18N2O2. The van der Waals surface area contributed by atoms with E-state index in [1.54, 1.807) is 7.11 Å². The topological polar surface area (TPSA) is 64.3 Å². The first kappa shape index (κ1) is 10.5. The third kappa shape index (κ3) is 2.97. The molecule has 0 spiro atoms. The van der Waals surface area contributed by atoms with E-state index in [0.29, 0.717) is 6.04 Å². The van der Waals surface area contributed by atoms with Crippen molar-refractivity contribution >= 4 is 5.91 Å². The minimum absolute atomic E-state index is 0.0984. The van der Waals surface area contributed by atoms with Crippen LogP contribution in [-0.2, 0) is 9.53 Å². The van der Waals surface area contributed by atoms with Gasteiger partial charge >= 0.3 is 0 Å². The number of hydrogen-bond donors (Lipinski definition) is 2. The molecule has 1 rings (SSSR count). The monoisotopic (exact) mass is 186 g/mol. The van der Waals surface area contributed by atoms with Crippen LogP contribution in [0.2, 0.25) is 0 Å². The van der Waals surface area contributed by atoms with Crippen LogP contribution in [0.3, 0.4) is 0 Å². The van der Waals surface area contributed by atoms with Crippen molar-refractivity contribution in [1.29, 1.82) is 0 Å². The van der Waals surface area contributed by atoms with Gasteiger partial charge in [-0.1, -0.05) is 6.92 Å². The van der Waals surface area contributed by atoms with Crippen molar-refractivity contribution in [3.63, 3.8) is 0 Å². The maximum Gasteiger partial charge on any atom is 0.239 e. The molecule has 0 aromatic heterocycles. The van der Waals surface area contributed by atoms with Crippen molar-refractivity contribution in [3.05, 3.63) is 0 Å². The van der Waals surface area contributed by atoms with E-state index in [9.17, 15) is 4.79 Å². The zero-order chi connectivity index (χ0) is 9.84. The van der Waals surface area contributed by atoms with Gasteiger partial charge in [-0.05, 0) is 18.8 Å². The van der Waals surface area contributed by atoms with E-state index in [4.69, 9.17) is 10.5 Å². The Bertz CT molecular complexity index is 178. The molecule has 0 radical (unpaired) electrons. The fraction of sp³-hybridized carbons (Fsp3) is 0.889. The Kier molecular flexibility index (Phi) is 3.69. The van der Waals surface area contributed by atoms with E-state index in [1.165, 1.54) is 0 Å². The third-order valence-electron chi connectivity index (χ3n) is 2.40. The molecule has 1 saturated carbocycles. The molecular weight excluding hydrogens is 168 g/mol. The van der Waals surface area contributed by atoms with Crippen LogP contribution in [0.4, 0.5) is 0 Å². The minimum atomic E-state index is -0.527. The lowest BCUT2D eigenvalue weighted by Gasteiger charge is -2.33. The van der Waals surface area contributed by atoms with Gasteiger partial charge in [0.05, 0.1) is 6.61 Å². The molecule has 1 amide bonds. The van der Waals surface area contributed by atoms with E-state index < -0.39 is 6.04 Å². The highest BCUT2D eigenvalue weighted by Gasteiger charge is 2.27. The highest BCUT2D eigenvalue weighted by molar-refractivity contribution is 5.81. The van der Waals surface area contributed by atoms with Gasteiger partial charge in [0, 0.05) is 13.2 Å². The van der Waals surface area contributed by atoms with Crippen molar-refractivity contribution < 1.29 is 9.53 Å². The Morgan fingerprint density at radius 2 is 2.31 bits per heavy atom. The summed E-state index contributed by atoms with van der Waals surface area (Å²) in [5.41, 5.74) is 5.55. The second kappa shape index (κ2) is 4.58. The Labute approximate surface area is 78.8 Å². The van der Waals surface area contributed by atoms with Gasteiger partial charge in [0.2, 0.25) is 5.91 Å². The summed E-state index contributed by atoms with van der Waals surface area (Å²) in [4.78, 5) is 11.3. The van der Waals surface area contributed by atoms with Crippen LogP contribution in [-0.4, -0.2) is 31.7 Å². The van der Waals surface area contributed by atoms with E-state index in [-0.39, 0.29) is 12.5 Å². The number of amides is 1. The largest absolute Gasteiger partial charge is 0.383 e. The molecule has 0 aliphatic heterocycles. The molecule has 0 aromatic carbocycles. The van der Waals surface area contributed by atoms with E-state index in [2.05, 4.69) is 12.2 Å². The number of carbonyl (C=O) groups is 1. The molecule has 3 N–H and O–H groups in total. The van der Waals surface area contributed by atoms with Crippen molar-refractivity contribution in [3.8, 4) is 0 Å². The lowest BCUT2D eigenvalue weighted by Crippen LogP contribution is -2.51. The minimum Gasteiger partial charge on any atom is -0.383 e. The summed E-state index contributed by atoms with van der Waals surface area (Å²) in [6, 6.07) is -0.189. The number of rotatable bonds is 4. The van der Waals surface area contributed by atoms with E-state index in [1.807, 2.05) is 0 Å². The zero-order valence-electron chi connectivity index (χ0n) is 8.25. The predicted molar refractivity (Wildman–Crippen MR) is 50.2 cm³/mol. The molecule has 0 bridgehead atoms. The average Bonchev–Trinajstić information content (AvgIpc) is 2.02. The quantitative estimate of drug-likeness (QED) is 0.643. The second-order valence-corrected chi connectivity index (χ2v) is 3.84. The van der Waals surface area contributed by atoms with Gasteiger partial charge in [0.15, 0.2) is 0 Å². The number of ether oxygens (including phenoxy) is 1. The lowest BCUT2D eigenvalue weighted by molar-refractivity contribution is -0.125. The average molecular weight is 186 g/mol. The molecule has 4 heteroatoms. The molecule has 1 aliphatic rings. The van der Waals surface area contributed by atoms with Crippen LogP contribution in [0.5, 0.6) is 0 Å². The van der Waals surface area contributed by atoms with Crippen LogP contribution >= 0.6 is 0 Å². The Balaban J connectivity index is 2.17. The highest BCUT2D eigenvalue weighted by Crippen LogP contribution is 2.26. The number of nitrogens with one attached hydrogen (secondary N) is 1. The Hall–Kier alpha value is -0.610. The lowest BCUT2D eigenvalue weighted by atomic mass is 9.82. The highest BCUT2D eigenvalue weighted by atomic mass is 16.5. The fourth-order valence-electron chi connectivity index (χ4n) is 1.58. The summed E-state index contributed by atoms with van der Waals surface area (Å²) < 4.78 is 4.79. The standard InChI is InChI=1S/C9H18N2O2/c1-6-3-7(4-6)11-9(12)8(10)5-13-2/h6-8H,3-5,10H2,1-2H3,(H,11,12). The van der Waals surface area contributed by atoms with Crippen LogP contribution < -0.4 is 11.1 Å². The molecule has 76 valence electrons. The molecule has 1 atom stereocenters. The zero-order valence-corrected chi connectivity index (χ0v) is 8.25. The first-order valence-corrected chi connectivity index (χ1v) is 4.68. The van der Waals surface area contributed by atoms with Crippen molar-refractivity contribution in [2.75, 3.05) is 13.7 Å². The van der Waals surface area contributed by atoms with Gasteiger partial charge in [0.1, 0.15) is 6.04 Å². The molecule has 0 aromatic rings. The fourth-order valence-corrected chi connectivity index (χ4v) is 1.58.